The topological polar surface area (TPSA) is 72.6 Å². The summed E-state index contributed by atoms with van der Waals surface area (Å²) >= 11 is 0. The van der Waals surface area contributed by atoms with Crippen LogP contribution in [0.1, 0.15) is 25.7 Å². The summed E-state index contributed by atoms with van der Waals surface area (Å²) in [5.74, 6) is -1.40. The molecule has 5 nitrogen and oxygen atoms in total. The Morgan fingerprint density at radius 2 is 1.71 bits per heavy atom. The van der Waals surface area contributed by atoms with Gasteiger partial charge >= 0.3 is 0 Å². The number of anilines is 2. The SMILES string of the molecule is COc1cc(F)c(N2C(=O)C3=C(CCCC3)C2=O)cc1N. The molecule has 2 amide bonds. The first-order chi connectivity index (χ1) is 10.0. The van der Waals surface area contributed by atoms with E-state index in [9.17, 15) is 14.0 Å². The van der Waals surface area contributed by atoms with Crippen molar-refractivity contribution in [3.63, 3.8) is 0 Å². The largest absolute Gasteiger partial charge is 0.494 e. The van der Waals surface area contributed by atoms with E-state index < -0.39 is 17.6 Å². The summed E-state index contributed by atoms with van der Waals surface area (Å²) in [6.45, 7) is 0. The maximum absolute atomic E-state index is 14.2. The van der Waals surface area contributed by atoms with Crippen LogP contribution in [0.25, 0.3) is 0 Å². The molecule has 0 atom stereocenters. The van der Waals surface area contributed by atoms with Gasteiger partial charge in [-0.15, -0.1) is 0 Å². The molecule has 1 heterocycles. The van der Waals surface area contributed by atoms with E-state index in [-0.39, 0.29) is 17.1 Å². The van der Waals surface area contributed by atoms with Crippen molar-refractivity contribution in [2.24, 2.45) is 0 Å². The average molecular weight is 290 g/mol. The van der Waals surface area contributed by atoms with Gasteiger partial charge in [0, 0.05) is 17.2 Å². The zero-order chi connectivity index (χ0) is 15.1. The summed E-state index contributed by atoms with van der Waals surface area (Å²) < 4.78 is 19.1. The fourth-order valence-electron chi connectivity index (χ4n) is 2.87. The van der Waals surface area contributed by atoms with Gasteiger partial charge in [-0.3, -0.25) is 9.59 Å². The normalized spacial score (nSPS) is 18.3. The first-order valence-electron chi connectivity index (χ1n) is 6.78. The van der Waals surface area contributed by atoms with Crippen molar-refractivity contribution in [1.29, 1.82) is 0 Å². The number of nitrogens with two attached hydrogens (primary N) is 1. The van der Waals surface area contributed by atoms with Crippen molar-refractivity contribution in [2.75, 3.05) is 17.7 Å². The number of nitrogens with zero attached hydrogens (tertiary/aromatic N) is 1. The van der Waals surface area contributed by atoms with E-state index in [4.69, 9.17) is 10.5 Å². The molecule has 2 aliphatic rings. The van der Waals surface area contributed by atoms with E-state index in [0.717, 1.165) is 23.8 Å². The maximum Gasteiger partial charge on any atom is 0.261 e. The molecule has 6 heteroatoms. The highest BCUT2D eigenvalue weighted by atomic mass is 19.1. The molecule has 0 aromatic heterocycles. The number of carbonyl (C=O) groups excluding carboxylic acids is 2. The van der Waals surface area contributed by atoms with Crippen molar-refractivity contribution >= 4 is 23.2 Å². The van der Waals surface area contributed by atoms with Gasteiger partial charge in [-0.05, 0) is 31.7 Å². The molecule has 1 aliphatic heterocycles. The van der Waals surface area contributed by atoms with Crippen LogP contribution in [0.4, 0.5) is 15.8 Å². The van der Waals surface area contributed by atoms with Crippen molar-refractivity contribution in [3.05, 3.63) is 29.1 Å². The molecule has 0 saturated carbocycles. The third-order valence-electron chi connectivity index (χ3n) is 3.93. The summed E-state index contributed by atoms with van der Waals surface area (Å²) in [6, 6.07) is 2.35. The number of hydrogen-bond donors (Lipinski definition) is 1. The summed E-state index contributed by atoms with van der Waals surface area (Å²) in [5, 5.41) is 0. The maximum atomic E-state index is 14.2. The van der Waals surface area contributed by atoms with Gasteiger partial charge in [-0.1, -0.05) is 0 Å². The van der Waals surface area contributed by atoms with Gasteiger partial charge in [0.15, 0.2) is 5.82 Å². The van der Waals surface area contributed by atoms with Gasteiger partial charge in [0.05, 0.1) is 18.5 Å². The fraction of sp³-hybridized carbons (Fsp3) is 0.333. The molecule has 110 valence electrons. The Morgan fingerprint density at radius 1 is 1.14 bits per heavy atom. The van der Waals surface area contributed by atoms with E-state index in [1.807, 2.05) is 0 Å². The summed E-state index contributed by atoms with van der Waals surface area (Å²) in [6.07, 6.45) is 2.89. The minimum atomic E-state index is -0.706. The molecular weight excluding hydrogens is 275 g/mol. The lowest BCUT2D eigenvalue weighted by molar-refractivity contribution is -0.120. The van der Waals surface area contributed by atoms with Crippen LogP contribution in [0.15, 0.2) is 23.3 Å². The van der Waals surface area contributed by atoms with Gasteiger partial charge in [-0.2, -0.15) is 0 Å². The van der Waals surface area contributed by atoms with Crippen molar-refractivity contribution in [3.8, 4) is 5.75 Å². The van der Waals surface area contributed by atoms with Crippen LogP contribution >= 0.6 is 0 Å². The van der Waals surface area contributed by atoms with Crippen LogP contribution in [-0.2, 0) is 9.59 Å². The number of ether oxygens (including phenoxy) is 1. The predicted octanol–water partition coefficient (Wildman–Crippen LogP) is 2.16. The van der Waals surface area contributed by atoms with E-state index in [1.54, 1.807) is 0 Å². The molecule has 2 N–H and O–H groups in total. The second kappa shape index (κ2) is 4.87. The summed E-state index contributed by atoms with van der Waals surface area (Å²) in [5.41, 5.74) is 6.85. The Bertz CT molecular complexity index is 654. The molecule has 0 unspecified atom stereocenters. The Labute approximate surface area is 121 Å². The number of carbonyl (C=O) groups is 2. The molecule has 1 aromatic rings. The molecule has 3 rings (SSSR count). The van der Waals surface area contributed by atoms with Crippen LogP contribution in [0.5, 0.6) is 5.75 Å². The smallest absolute Gasteiger partial charge is 0.261 e. The van der Waals surface area contributed by atoms with Gasteiger partial charge in [0.25, 0.3) is 11.8 Å². The standard InChI is InChI=1S/C15H15FN2O3/c1-21-13-6-10(16)12(7-11(13)17)18-14(19)8-4-2-3-5-9(8)15(18)20/h6-7H,2-5,17H2,1H3. The van der Waals surface area contributed by atoms with Crippen LogP contribution in [0, 0.1) is 5.82 Å². The lowest BCUT2D eigenvalue weighted by Gasteiger charge is -2.17. The zero-order valence-corrected chi connectivity index (χ0v) is 11.6. The van der Waals surface area contributed by atoms with Gasteiger partial charge in [-0.25, -0.2) is 9.29 Å². The molecule has 0 fully saturated rings. The highest BCUT2D eigenvalue weighted by molar-refractivity contribution is 6.33. The van der Waals surface area contributed by atoms with Crippen molar-refractivity contribution in [1.82, 2.24) is 0 Å². The molecular formula is C15H15FN2O3. The number of hydrogen-bond acceptors (Lipinski definition) is 4. The first kappa shape index (κ1) is 13.6. The Balaban J connectivity index is 2.05. The molecule has 0 bridgehead atoms. The summed E-state index contributed by atoms with van der Waals surface area (Å²) in [4.78, 5) is 25.6. The molecule has 1 aromatic carbocycles. The number of amides is 2. The van der Waals surface area contributed by atoms with Crippen LogP contribution in [0.2, 0.25) is 0 Å². The van der Waals surface area contributed by atoms with E-state index in [0.29, 0.717) is 24.0 Å². The second-order valence-electron chi connectivity index (χ2n) is 5.16. The summed E-state index contributed by atoms with van der Waals surface area (Å²) in [7, 11) is 1.37. The second-order valence-corrected chi connectivity index (χ2v) is 5.16. The van der Waals surface area contributed by atoms with Crippen LogP contribution in [-0.4, -0.2) is 18.9 Å². The molecule has 1 aliphatic carbocycles. The number of imide groups is 1. The van der Waals surface area contributed by atoms with E-state index in [1.165, 1.54) is 13.2 Å². The Hall–Kier alpha value is -2.37. The van der Waals surface area contributed by atoms with Gasteiger partial charge in [0.2, 0.25) is 0 Å². The van der Waals surface area contributed by atoms with Crippen LogP contribution in [0.3, 0.4) is 0 Å². The number of benzene rings is 1. The van der Waals surface area contributed by atoms with Gasteiger partial charge in [0.1, 0.15) is 5.75 Å². The molecule has 0 radical (unpaired) electrons. The number of rotatable bonds is 2. The Kier molecular flexibility index (Phi) is 3.16. The molecule has 21 heavy (non-hydrogen) atoms. The molecule has 0 saturated heterocycles. The quantitative estimate of drug-likeness (QED) is 0.669. The highest BCUT2D eigenvalue weighted by Crippen LogP contribution is 2.38. The van der Waals surface area contributed by atoms with Crippen molar-refractivity contribution < 1.29 is 18.7 Å². The first-order valence-corrected chi connectivity index (χ1v) is 6.78. The fourth-order valence-corrected chi connectivity index (χ4v) is 2.87. The van der Waals surface area contributed by atoms with E-state index in [2.05, 4.69) is 0 Å². The number of methoxy groups -OCH3 is 1. The highest BCUT2D eigenvalue weighted by Gasteiger charge is 2.40. The average Bonchev–Trinajstić information content (AvgIpc) is 2.74. The molecule has 0 spiro atoms. The van der Waals surface area contributed by atoms with Crippen LogP contribution < -0.4 is 15.4 Å². The zero-order valence-electron chi connectivity index (χ0n) is 11.6. The predicted molar refractivity (Wildman–Crippen MR) is 75.4 cm³/mol. The third kappa shape index (κ3) is 1.98. The Morgan fingerprint density at radius 3 is 2.24 bits per heavy atom. The minimum absolute atomic E-state index is 0.113. The lowest BCUT2D eigenvalue weighted by Crippen LogP contribution is -2.32. The monoisotopic (exact) mass is 290 g/mol. The van der Waals surface area contributed by atoms with E-state index >= 15 is 0 Å². The third-order valence-corrected chi connectivity index (χ3v) is 3.93. The van der Waals surface area contributed by atoms with Gasteiger partial charge < -0.3 is 10.5 Å². The lowest BCUT2D eigenvalue weighted by atomic mass is 9.93. The number of halogens is 1. The minimum Gasteiger partial charge on any atom is -0.494 e. The van der Waals surface area contributed by atoms with Crippen molar-refractivity contribution in [2.45, 2.75) is 25.7 Å². The number of nitrogen functional groups attached to an aromatic ring is 1.